The minimum absolute atomic E-state index is 0.297. The number of aliphatic hydroxyl groups is 1. The maximum absolute atomic E-state index is 9.28. The highest BCUT2D eigenvalue weighted by Crippen LogP contribution is 2.11. The molecule has 1 rings (SSSR count). The Kier molecular flexibility index (Phi) is 4.11. The van der Waals surface area contributed by atoms with Gasteiger partial charge in [0.15, 0.2) is 0 Å². The second-order valence-corrected chi connectivity index (χ2v) is 3.56. The van der Waals surface area contributed by atoms with Gasteiger partial charge in [0.2, 0.25) is 5.13 Å². The zero-order valence-electron chi connectivity index (χ0n) is 7.95. The maximum atomic E-state index is 9.28. The van der Waals surface area contributed by atoms with Crippen LogP contribution < -0.4 is 5.32 Å². The molecule has 1 atom stereocenters. The van der Waals surface area contributed by atoms with Crippen molar-refractivity contribution in [1.82, 2.24) is 9.36 Å². The third kappa shape index (κ3) is 3.28. The highest BCUT2D eigenvalue weighted by atomic mass is 32.1. The van der Waals surface area contributed by atoms with Gasteiger partial charge in [-0.05, 0) is 6.42 Å². The Labute approximate surface area is 82.2 Å². The molecule has 0 saturated carbocycles. The third-order valence-electron chi connectivity index (χ3n) is 1.74. The average Bonchev–Trinajstić information content (AvgIpc) is 2.61. The van der Waals surface area contributed by atoms with Crippen molar-refractivity contribution < 1.29 is 5.11 Å². The molecule has 0 aromatic carbocycles. The van der Waals surface area contributed by atoms with Crippen LogP contribution in [0.4, 0.5) is 5.13 Å². The molecular weight excluding hydrogens is 186 g/mol. The Morgan fingerprint density at radius 2 is 2.31 bits per heavy atom. The fourth-order valence-electron chi connectivity index (χ4n) is 0.819. The number of aryl methyl sites for hydroxylation is 1. The maximum Gasteiger partial charge on any atom is 0.202 e. The van der Waals surface area contributed by atoms with Gasteiger partial charge in [-0.15, -0.1) is 0 Å². The molecule has 0 fully saturated rings. The number of hydrogen-bond acceptors (Lipinski definition) is 5. The Hall–Kier alpha value is -0.680. The lowest BCUT2D eigenvalue weighted by atomic mass is 10.3. The van der Waals surface area contributed by atoms with E-state index < -0.39 is 0 Å². The van der Waals surface area contributed by atoms with Crippen molar-refractivity contribution >= 4 is 16.7 Å². The van der Waals surface area contributed by atoms with Crippen molar-refractivity contribution in [2.45, 2.75) is 32.8 Å². The van der Waals surface area contributed by atoms with Crippen LogP contribution in [0.5, 0.6) is 0 Å². The monoisotopic (exact) mass is 201 g/mol. The normalized spacial score (nSPS) is 12.8. The van der Waals surface area contributed by atoms with E-state index in [1.165, 1.54) is 11.5 Å². The highest BCUT2D eigenvalue weighted by Gasteiger charge is 2.04. The summed E-state index contributed by atoms with van der Waals surface area (Å²) < 4.78 is 4.12. The van der Waals surface area contributed by atoms with Gasteiger partial charge in [-0.25, -0.2) is 4.98 Å². The molecule has 2 N–H and O–H groups in total. The molecule has 5 heteroatoms. The summed E-state index contributed by atoms with van der Waals surface area (Å²) in [4.78, 5) is 4.22. The van der Waals surface area contributed by atoms with E-state index in [0.29, 0.717) is 6.54 Å². The van der Waals surface area contributed by atoms with E-state index in [2.05, 4.69) is 14.7 Å². The lowest BCUT2D eigenvalue weighted by Crippen LogP contribution is -2.17. The average molecular weight is 201 g/mol. The summed E-state index contributed by atoms with van der Waals surface area (Å²) >= 11 is 1.34. The predicted molar refractivity (Wildman–Crippen MR) is 54.1 cm³/mol. The van der Waals surface area contributed by atoms with Crippen LogP contribution in [0.3, 0.4) is 0 Å². The van der Waals surface area contributed by atoms with Gasteiger partial charge in [0, 0.05) is 24.5 Å². The molecule has 1 heterocycles. The fraction of sp³-hybridized carbons (Fsp3) is 0.750. The molecule has 13 heavy (non-hydrogen) atoms. The van der Waals surface area contributed by atoms with Gasteiger partial charge in [-0.1, -0.05) is 13.8 Å². The zero-order valence-corrected chi connectivity index (χ0v) is 8.77. The lowest BCUT2D eigenvalue weighted by molar-refractivity contribution is 0.183. The summed E-state index contributed by atoms with van der Waals surface area (Å²) in [7, 11) is 0. The molecule has 4 nitrogen and oxygen atoms in total. The summed E-state index contributed by atoms with van der Waals surface area (Å²) in [5.41, 5.74) is 0. The molecule has 0 amide bonds. The first kappa shape index (κ1) is 10.4. The summed E-state index contributed by atoms with van der Waals surface area (Å²) in [5.74, 6) is 0.860. The Morgan fingerprint density at radius 3 is 2.85 bits per heavy atom. The van der Waals surface area contributed by atoms with E-state index in [0.717, 1.165) is 23.8 Å². The smallest absolute Gasteiger partial charge is 0.202 e. The van der Waals surface area contributed by atoms with E-state index in [9.17, 15) is 5.11 Å². The molecule has 0 saturated heterocycles. The van der Waals surface area contributed by atoms with E-state index in [1.807, 2.05) is 13.8 Å². The molecule has 1 unspecified atom stereocenters. The minimum atomic E-state index is -0.297. The van der Waals surface area contributed by atoms with Crippen molar-refractivity contribution in [2.24, 2.45) is 0 Å². The molecular formula is C8H15N3OS. The highest BCUT2D eigenvalue weighted by molar-refractivity contribution is 7.09. The van der Waals surface area contributed by atoms with Crippen molar-refractivity contribution in [3.8, 4) is 0 Å². The van der Waals surface area contributed by atoms with Crippen LogP contribution in [0, 0.1) is 0 Å². The van der Waals surface area contributed by atoms with Crippen LogP contribution in [0.15, 0.2) is 0 Å². The summed E-state index contributed by atoms with van der Waals surface area (Å²) in [5, 5.41) is 13.1. The summed E-state index contributed by atoms with van der Waals surface area (Å²) in [6, 6.07) is 0. The number of aromatic nitrogens is 2. The molecule has 1 aromatic rings. The number of anilines is 1. The minimum Gasteiger partial charge on any atom is -0.391 e. The number of nitrogens with one attached hydrogen (secondary N) is 1. The van der Waals surface area contributed by atoms with Gasteiger partial charge in [-0.2, -0.15) is 4.37 Å². The number of aliphatic hydroxyl groups excluding tert-OH is 1. The van der Waals surface area contributed by atoms with E-state index in [1.54, 1.807) is 0 Å². The van der Waals surface area contributed by atoms with Crippen LogP contribution >= 0.6 is 11.5 Å². The quantitative estimate of drug-likeness (QED) is 0.753. The van der Waals surface area contributed by atoms with E-state index >= 15 is 0 Å². The largest absolute Gasteiger partial charge is 0.391 e. The first-order chi connectivity index (χ1) is 6.26. The molecule has 1 aromatic heterocycles. The first-order valence-electron chi connectivity index (χ1n) is 4.50. The Balaban J connectivity index is 2.36. The van der Waals surface area contributed by atoms with Crippen LogP contribution in [0.1, 0.15) is 26.1 Å². The van der Waals surface area contributed by atoms with Crippen LogP contribution in [-0.4, -0.2) is 27.1 Å². The van der Waals surface area contributed by atoms with Gasteiger partial charge in [0.05, 0.1) is 6.10 Å². The lowest BCUT2D eigenvalue weighted by Gasteiger charge is -2.06. The topological polar surface area (TPSA) is 58.0 Å². The van der Waals surface area contributed by atoms with Crippen molar-refractivity contribution in [3.05, 3.63) is 5.82 Å². The molecule has 74 valence electrons. The standard InChI is InChI=1S/C8H15N3OS/c1-3-6(12)5-9-8-10-7(4-2)11-13-8/h6,12H,3-5H2,1-2H3,(H,9,10,11). The van der Waals surface area contributed by atoms with Gasteiger partial charge >= 0.3 is 0 Å². The molecule has 0 bridgehead atoms. The number of rotatable bonds is 5. The number of nitrogens with zero attached hydrogens (tertiary/aromatic N) is 2. The predicted octanol–water partition coefficient (Wildman–Crippen LogP) is 1.28. The summed E-state index contributed by atoms with van der Waals surface area (Å²) in [6.07, 6.45) is 1.31. The van der Waals surface area contributed by atoms with Gasteiger partial charge < -0.3 is 10.4 Å². The van der Waals surface area contributed by atoms with Gasteiger partial charge in [0.1, 0.15) is 5.82 Å². The van der Waals surface area contributed by atoms with Crippen molar-refractivity contribution in [2.75, 3.05) is 11.9 Å². The van der Waals surface area contributed by atoms with Crippen LogP contribution in [0.25, 0.3) is 0 Å². The Morgan fingerprint density at radius 1 is 1.54 bits per heavy atom. The second kappa shape index (κ2) is 5.14. The zero-order chi connectivity index (χ0) is 9.68. The summed E-state index contributed by atoms with van der Waals surface area (Å²) in [6.45, 7) is 4.52. The van der Waals surface area contributed by atoms with Crippen LogP contribution in [-0.2, 0) is 6.42 Å². The molecule has 0 aliphatic carbocycles. The van der Waals surface area contributed by atoms with Gasteiger partial charge in [-0.3, -0.25) is 0 Å². The van der Waals surface area contributed by atoms with Gasteiger partial charge in [0.25, 0.3) is 0 Å². The van der Waals surface area contributed by atoms with Crippen molar-refractivity contribution in [3.63, 3.8) is 0 Å². The van der Waals surface area contributed by atoms with Crippen LogP contribution in [0.2, 0.25) is 0 Å². The molecule has 0 spiro atoms. The Bertz CT molecular complexity index is 251. The fourth-order valence-corrected chi connectivity index (χ4v) is 1.47. The molecule has 0 radical (unpaired) electrons. The van der Waals surface area contributed by atoms with Crippen molar-refractivity contribution in [1.29, 1.82) is 0 Å². The first-order valence-corrected chi connectivity index (χ1v) is 5.28. The molecule has 0 aliphatic rings. The SMILES string of the molecule is CCc1nsc(NCC(O)CC)n1. The second-order valence-electron chi connectivity index (χ2n) is 2.81. The third-order valence-corrected chi connectivity index (χ3v) is 2.46. The molecule has 0 aliphatic heterocycles. The van der Waals surface area contributed by atoms with E-state index in [-0.39, 0.29) is 6.10 Å². The number of hydrogen-bond donors (Lipinski definition) is 2. The van der Waals surface area contributed by atoms with E-state index in [4.69, 9.17) is 0 Å².